The predicted molar refractivity (Wildman–Crippen MR) is 263 cm³/mol. The number of unbranched alkanes of at least 4 members (excludes halogenated alkanes) is 7. The number of Topliss-reactive ketones (excluding diaryl/α,β-unsaturated/α-hetero) is 1. The topological polar surface area (TPSA) is 238 Å². The fourth-order valence-electron chi connectivity index (χ4n) is 8.88. The van der Waals surface area contributed by atoms with Crippen LogP contribution in [-0.2, 0) is 22.7 Å². The molecule has 2 aliphatic rings. The summed E-state index contributed by atoms with van der Waals surface area (Å²) in [7, 11) is 0. The van der Waals surface area contributed by atoms with Gasteiger partial charge >= 0.3 is 5.97 Å². The van der Waals surface area contributed by atoms with Crippen molar-refractivity contribution in [3.05, 3.63) is 114 Å². The van der Waals surface area contributed by atoms with E-state index in [9.17, 15) is 24.4 Å². The van der Waals surface area contributed by atoms with E-state index < -0.39 is 11.5 Å². The molecule has 0 bridgehead atoms. The van der Waals surface area contributed by atoms with Crippen molar-refractivity contribution < 1.29 is 29.0 Å². The molecule has 0 unspecified atom stereocenters. The third-order valence-corrected chi connectivity index (χ3v) is 12.9. The second-order valence-electron chi connectivity index (χ2n) is 18.4. The molecule has 2 amide bonds. The van der Waals surface area contributed by atoms with E-state index in [2.05, 4.69) is 41.6 Å². The van der Waals surface area contributed by atoms with Gasteiger partial charge < -0.3 is 29.9 Å². The van der Waals surface area contributed by atoms with E-state index >= 15 is 0 Å². The summed E-state index contributed by atoms with van der Waals surface area (Å²) in [5.74, 6) is 0.601. The lowest BCUT2D eigenvalue weighted by molar-refractivity contribution is -0.134. The smallest absolute Gasteiger partial charge is 0.337 e. The first-order valence-electron chi connectivity index (χ1n) is 24.1. The molecular formula is C52H57N13O6. The number of nitriles is 1. The van der Waals surface area contributed by atoms with Gasteiger partial charge in [-0.1, -0.05) is 61.9 Å². The molecule has 8 rings (SSSR count). The van der Waals surface area contributed by atoms with Crippen LogP contribution in [0.1, 0.15) is 111 Å². The summed E-state index contributed by atoms with van der Waals surface area (Å²) in [6.45, 7) is 8.27. The molecule has 0 spiro atoms. The van der Waals surface area contributed by atoms with E-state index in [0.29, 0.717) is 84.1 Å². The highest BCUT2D eigenvalue weighted by Gasteiger charge is 2.45. The number of carbonyl (C=O) groups excluding carboxylic acids is 3. The highest BCUT2D eigenvalue weighted by molar-refractivity contribution is 6.13. The number of carbonyl (C=O) groups is 4. The molecule has 1 atom stereocenters. The van der Waals surface area contributed by atoms with Crippen molar-refractivity contribution >= 4 is 35.3 Å². The number of anilines is 2. The van der Waals surface area contributed by atoms with E-state index in [-0.39, 0.29) is 35.7 Å². The van der Waals surface area contributed by atoms with Crippen molar-refractivity contribution in [3.8, 4) is 40.2 Å². The minimum Gasteiger partial charge on any atom is -0.478 e. The number of pyridine rings is 3. The zero-order chi connectivity index (χ0) is 49.9. The normalized spacial score (nSPS) is 15.0. The summed E-state index contributed by atoms with van der Waals surface area (Å²) in [4.78, 5) is 78.6. The minimum absolute atomic E-state index is 0.0335. The molecule has 1 saturated heterocycles. The van der Waals surface area contributed by atoms with Gasteiger partial charge in [-0.05, 0) is 70.0 Å². The number of aromatic nitrogens is 8. The second kappa shape index (κ2) is 22.5. The molecule has 1 fully saturated rings. The number of aromatic carboxylic acids is 1. The van der Waals surface area contributed by atoms with Gasteiger partial charge in [0, 0.05) is 92.7 Å². The number of nitrogens with zero attached hydrogens (tertiary/aromatic N) is 12. The number of fused-ring (bicyclic) bond motifs is 1. The molecule has 0 saturated carbocycles. The Labute approximate surface area is 411 Å². The van der Waals surface area contributed by atoms with E-state index in [4.69, 9.17) is 14.8 Å². The van der Waals surface area contributed by atoms with E-state index in [1.165, 1.54) is 18.3 Å². The predicted octanol–water partition coefficient (Wildman–Crippen LogP) is 7.30. The Morgan fingerprint density at radius 1 is 0.873 bits per heavy atom. The molecule has 71 heavy (non-hydrogen) atoms. The van der Waals surface area contributed by atoms with Crippen molar-refractivity contribution in [3.63, 3.8) is 0 Å². The summed E-state index contributed by atoms with van der Waals surface area (Å²) < 4.78 is 7.65. The summed E-state index contributed by atoms with van der Waals surface area (Å²) >= 11 is 0. The van der Waals surface area contributed by atoms with Gasteiger partial charge in [-0.25, -0.2) is 29.7 Å². The zero-order valence-electron chi connectivity index (χ0n) is 40.2. The molecule has 0 radical (unpaired) electrons. The Hall–Kier alpha value is -8.14. The Morgan fingerprint density at radius 2 is 1.65 bits per heavy atom. The molecule has 366 valence electrons. The van der Waals surface area contributed by atoms with Crippen molar-refractivity contribution in [2.75, 3.05) is 36.0 Å². The number of piperazine rings is 1. The van der Waals surface area contributed by atoms with Crippen LogP contribution in [0.15, 0.2) is 91.6 Å². The van der Waals surface area contributed by atoms with Crippen LogP contribution in [0.25, 0.3) is 22.5 Å². The number of rotatable bonds is 21. The first-order valence-corrected chi connectivity index (χ1v) is 24.1. The average Bonchev–Trinajstić information content (AvgIpc) is 3.93. The molecule has 2 N–H and O–H groups in total. The van der Waals surface area contributed by atoms with Crippen LogP contribution in [0.2, 0.25) is 0 Å². The van der Waals surface area contributed by atoms with E-state index in [1.54, 1.807) is 47.8 Å². The standard InChI is InChI=1S/C52H57N13O6/c1-35-32-62(51-57-29-39(30-58-51)42-20-19-41-48(68)52(2,3)65(49(41)59-42)33-38-15-13-22-54-43(38)27-53)24-25-64(35)47(67)31-55-45(66)17-10-8-6-4-5-7-9-11-23-63-34-44(60-61-63)36-14-12-16-40(26-36)71-46-21-18-37(28-56-46)50(69)70/h12-16,18-22,26,28-30,34-35H,4-11,17,23-25,31-33H2,1-3H3,(H,55,66)(H,69,70)/t35-/m1/s1. The maximum atomic E-state index is 13.4. The van der Waals surface area contributed by atoms with E-state index in [0.717, 1.165) is 69.2 Å². The Morgan fingerprint density at radius 3 is 2.38 bits per heavy atom. The van der Waals surface area contributed by atoms with Crippen molar-refractivity contribution in [2.24, 2.45) is 0 Å². The fourth-order valence-corrected chi connectivity index (χ4v) is 8.88. The van der Waals surface area contributed by atoms with Gasteiger partial charge in [-0.3, -0.25) is 19.1 Å². The van der Waals surface area contributed by atoms with Gasteiger partial charge in [0.1, 0.15) is 29.0 Å². The molecule has 5 aromatic heterocycles. The third-order valence-electron chi connectivity index (χ3n) is 12.9. The molecular weight excluding hydrogens is 903 g/mol. The quantitative estimate of drug-likeness (QED) is 0.0673. The monoisotopic (exact) mass is 959 g/mol. The number of hydrogen-bond acceptors (Lipinski definition) is 15. The summed E-state index contributed by atoms with van der Waals surface area (Å²) in [6.07, 6.45) is 16.8. The number of amides is 2. The summed E-state index contributed by atoms with van der Waals surface area (Å²) in [6, 6.07) is 19.6. The molecule has 19 nitrogen and oxygen atoms in total. The third kappa shape index (κ3) is 12.0. The first kappa shape index (κ1) is 49.3. The largest absolute Gasteiger partial charge is 0.478 e. The highest BCUT2D eigenvalue weighted by atomic mass is 16.5. The molecule has 1 aromatic carbocycles. The SMILES string of the molecule is C[C@@H]1CN(c2ncc(-c3ccc4c(n3)N(Cc3cccnc3C#N)C(C)(C)C4=O)cn2)CCN1C(=O)CNC(=O)CCCCCCCCCCn1cc(-c2cccc(Oc3ccc(C(=O)O)cn3)c2)nn1. The first-order chi connectivity index (χ1) is 34.4. The molecule has 2 aliphatic heterocycles. The maximum Gasteiger partial charge on any atom is 0.337 e. The lowest BCUT2D eigenvalue weighted by Gasteiger charge is -2.39. The van der Waals surface area contributed by atoms with E-state index in [1.807, 2.05) is 65.7 Å². The van der Waals surface area contributed by atoms with Gasteiger partial charge in [-0.15, -0.1) is 5.10 Å². The van der Waals surface area contributed by atoms with Gasteiger partial charge in [0.15, 0.2) is 5.78 Å². The number of carboxylic acids is 1. The number of nitrogens with one attached hydrogen (secondary N) is 1. The van der Waals surface area contributed by atoms with Crippen molar-refractivity contribution in [1.82, 2.24) is 50.1 Å². The van der Waals surface area contributed by atoms with Gasteiger partial charge in [0.05, 0.1) is 35.1 Å². The lowest BCUT2D eigenvalue weighted by Crippen LogP contribution is -2.56. The zero-order valence-corrected chi connectivity index (χ0v) is 40.2. The number of carboxylic acid groups (broad SMARTS) is 1. The van der Waals surface area contributed by atoms with Gasteiger partial charge in [0.2, 0.25) is 23.6 Å². The molecule has 7 heterocycles. The summed E-state index contributed by atoms with van der Waals surface area (Å²) in [5, 5.41) is 30.2. The van der Waals surface area contributed by atoms with Crippen LogP contribution >= 0.6 is 0 Å². The second-order valence-corrected chi connectivity index (χ2v) is 18.4. The molecule has 0 aliphatic carbocycles. The van der Waals surface area contributed by atoms with Crippen LogP contribution in [0.3, 0.4) is 0 Å². The van der Waals surface area contributed by atoms with Crippen molar-refractivity contribution in [2.45, 2.75) is 103 Å². The molecule has 6 aromatic rings. The summed E-state index contributed by atoms with van der Waals surface area (Å²) in [5.41, 5.74) is 3.62. The van der Waals surface area contributed by atoms with Crippen LogP contribution in [0.5, 0.6) is 11.6 Å². The average molecular weight is 960 g/mol. The van der Waals surface area contributed by atoms with Gasteiger partial charge in [0.25, 0.3) is 0 Å². The van der Waals surface area contributed by atoms with Gasteiger partial charge in [-0.2, -0.15) is 5.26 Å². The molecule has 19 heteroatoms. The number of ketones is 1. The van der Waals surface area contributed by atoms with Crippen LogP contribution in [0.4, 0.5) is 11.8 Å². The number of aryl methyl sites for hydroxylation is 1. The van der Waals surface area contributed by atoms with Crippen LogP contribution in [0, 0.1) is 11.3 Å². The van der Waals surface area contributed by atoms with Crippen molar-refractivity contribution in [1.29, 1.82) is 5.26 Å². The Kier molecular flexibility index (Phi) is 15.6. The Balaban J connectivity index is 0.688. The van der Waals surface area contributed by atoms with Crippen LogP contribution < -0.4 is 19.9 Å². The minimum atomic E-state index is -1.05. The fraction of sp³-hybridized carbons (Fsp3) is 0.385. The van der Waals surface area contributed by atoms with Crippen LogP contribution in [-0.4, -0.2) is 111 Å². The maximum absolute atomic E-state index is 13.4. The highest BCUT2D eigenvalue weighted by Crippen LogP contribution is 2.40. The number of benzene rings is 1. The Bertz CT molecular complexity index is 2900. The number of hydrogen-bond donors (Lipinski definition) is 2. The lowest BCUT2D eigenvalue weighted by atomic mass is 9.97. The number of ether oxygens (including phenoxy) is 1.